The molecule has 0 spiro atoms. The Morgan fingerprint density at radius 2 is 1.50 bits per heavy atom. The van der Waals surface area contributed by atoms with Crippen LogP contribution in [0, 0.1) is 5.92 Å². The van der Waals surface area contributed by atoms with Gasteiger partial charge in [0.1, 0.15) is 0 Å². The molecule has 1 atom stereocenters. The van der Waals surface area contributed by atoms with Crippen LogP contribution in [0.1, 0.15) is 36.8 Å². The molecule has 1 fully saturated rings. The molecular formula is C22H25NO3. The lowest BCUT2D eigenvalue weighted by molar-refractivity contribution is -0.146. The minimum Gasteiger partial charge on any atom is -0.469 e. The molecule has 1 saturated carbocycles. The fraction of sp³-hybridized carbons (Fsp3) is 0.364. The number of nitrogens with zero attached hydrogens (tertiary/aromatic N) is 1. The Hall–Kier alpha value is -2.62. The summed E-state index contributed by atoms with van der Waals surface area (Å²) >= 11 is 0. The number of carbonyl (C=O) groups excluding carboxylic acids is 2. The highest BCUT2D eigenvalue weighted by molar-refractivity contribution is 5.88. The highest BCUT2D eigenvalue weighted by Gasteiger charge is 2.38. The molecule has 3 rings (SSSR count). The lowest BCUT2D eigenvalue weighted by Gasteiger charge is -2.29. The highest BCUT2D eigenvalue weighted by atomic mass is 16.5. The monoisotopic (exact) mass is 351 g/mol. The van der Waals surface area contributed by atoms with Gasteiger partial charge in [-0.05, 0) is 24.0 Å². The van der Waals surface area contributed by atoms with E-state index in [9.17, 15) is 9.59 Å². The Balaban J connectivity index is 1.91. The summed E-state index contributed by atoms with van der Waals surface area (Å²) in [6.45, 7) is 2.21. The van der Waals surface area contributed by atoms with Gasteiger partial charge in [-0.1, -0.05) is 67.6 Å². The van der Waals surface area contributed by atoms with E-state index in [1.165, 1.54) is 7.11 Å². The van der Waals surface area contributed by atoms with Gasteiger partial charge in [-0.15, -0.1) is 0 Å². The average molecular weight is 351 g/mol. The first-order valence-corrected chi connectivity index (χ1v) is 9.10. The Labute approximate surface area is 154 Å². The van der Waals surface area contributed by atoms with Crippen LogP contribution in [-0.2, 0) is 14.3 Å². The predicted octanol–water partition coefficient (Wildman–Crippen LogP) is 3.62. The van der Waals surface area contributed by atoms with E-state index in [1.807, 2.05) is 72.5 Å². The van der Waals surface area contributed by atoms with Gasteiger partial charge in [0.15, 0.2) is 0 Å². The van der Waals surface area contributed by atoms with E-state index in [0.29, 0.717) is 6.54 Å². The summed E-state index contributed by atoms with van der Waals surface area (Å²) in [5.74, 6) is -0.917. The van der Waals surface area contributed by atoms with Gasteiger partial charge in [0.05, 0.1) is 18.9 Å². The van der Waals surface area contributed by atoms with Gasteiger partial charge in [0.2, 0.25) is 5.91 Å². The first kappa shape index (κ1) is 18.2. The number of ether oxygens (including phenoxy) is 1. The third kappa shape index (κ3) is 4.13. The van der Waals surface area contributed by atoms with Crippen molar-refractivity contribution >= 4 is 11.9 Å². The molecule has 1 aliphatic rings. The molecule has 1 unspecified atom stereocenters. The summed E-state index contributed by atoms with van der Waals surface area (Å²) in [5, 5.41) is 0. The maximum atomic E-state index is 13.5. The molecule has 0 N–H and O–H groups in total. The van der Waals surface area contributed by atoms with E-state index in [2.05, 4.69) is 0 Å². The predicted molar refractivity (Wildman–Crippen MR) is 101 cm³/mol. The Kier molecular flexibility index (Phi) is 5.71. The van der Waals surface area contributed by atoms with Gasteiger partial charge in [0.25, 0.3) is 0 Å². The zero-order chi connectivity index (χ0) is 18.5. The topological polar surface area (TPSA) is 46.6 Å². The summed E-state index contributed by atoms with van der Waals surface area (Å²) in [7, 11) is 1.39. The summed E-state index contributed by atoms with van der Waals surface area (Å²) in [6, 6.07) is 19.9. The number of esters is 1. The first-order chi connectivity index (χ1) is 12.6. The Morgan fingerprint density at radius 1 is 1.00 bits per heavy atom. The van der Waals surface area contributed by atoms with Crippen LogP contribution in [-0.4, -0.2) is 36.5 Å². The molecule has 0 radical (unpaired) electrons. The fourth-order valence-electron chi connectivity index (χ4n) is 3.31. The Morgan fingerprint density at radius 3 is 1.92 bits per heavy atom. The normalized spacial score (nSPS) is 14.7. The molecule has 136 valence electrons. The van der Waals surface area contributed by atoms with Crippen molar-refractivity contribution in [2.24, 2.45) is 5.92 Å². The number of benzene rings is 2. The van der Waals surface area contributed by atoms with Gasteiger partial charge in [-0.3, -0.25) is 9.59 Å². The van der Waals surface area contributed by atoms with Crippen LogP contribution in [0.25, 0.3) is 0 Å². The second kappa shape index (κ2) is 8.17. The molecule has 2 aromatic carbocycles. The zero-order valence-electron chi connectivity index (χ0n) is 15.3. The van der Waals surface area contributed by atoms with Crippen LogP contribution in [0.5, 0.6) is 0 Å². The van der Waals surface area contributed by atoms with Crippen molar-refractivity contribution < 1.29 is 14.3 Å². The molecule has 0 aromatic heterocycles. The van der Waals surface area contributed by atoms with Crippen molar-refractivity contribution in [1.29, 1.82) is 0 Å². The van der Waals surface area contributed by atoms with E-state index in [-0.39, 0.29) is 29.8 Å². The van der Waals surface area contributed by atoms with Gasteiger partial charge in [-0.25, -0.2) is 0 Å². The third-order valence-electron chi connectivity index (χ3n) is 4.86. The van der Waals surface area contributed by atoms with Crippen LogP contribution in [0.3, 0.4) is 0 Å². The van der Waals surface area contributed by atoms with Gasteiger partial charge in [-0.2, -0.15) is 0 Å². The van der Waals surface area contributed by atoms with Crippen LogP contribution in [0.15, 0.2) is 60.7 Å². The maximum Gasteiger partial charge on any atom is 0.310 e. The summed E-state index contributed by atoms with van der Waals surface area (Å²) in [4.78, 5) is 27.3. The molecule has 4 nitrogen and oxygen atoms in total. The largest absolute Gasteiger partial charge is 0.469 e. The van der Waals surface area contributed by atoms with Crippen molar-refractivity contribution in [3.05, 3.63) is 71.8 Å². The number of rotatable bonds is 7. The summed E-state index contributed by atoms with van der Waals surface area (Å²) in [6.07, 6.45) is 1.99. The second-order valence-electron chi connectivity index (χ2n) is 6.90. The lowest BCUT2D eigenvalue weighted by atomic mass is 9.89. The third-order valence-corrected chi connectivity index (χ3v) is 4.86. The van der Waals surface area contributed by atoms with Crippen molar-refractivity contribution in [3.63, 3.8) is 0 Å². The molecule has 0 saturated heterocycles. The molecule has 0 aliphatic heterocycles. The van der Waals surface area contributed by atoms with E-state index < -0.39 is 0 Å². The second-order valence-corrected chi connectivity index (χ2v) is 6.90. The van der Waals surface area contributed by atoms with E-state index >= 15 is 0 Å². The zero-order valence-corrected chi connectivity index (χ0v) is 15.3. The van der Waals surface area contributed by atoms with Crippen molar-refractivity contribution in [1.82, 2.24) is 4.90 Å². The highest BCUT2D eigenvalue weighted by Crippen LogP contribution is 2.34. The van der Waals surface area contributed by atoms with Crippen LogP contribution in [0.2, 0.25) is 0 Å². The Bertz CT molecular complexity index is 701. The maximum absolute atomic E-state index is 13.5. The van der Waals surface area contributed by atoms with Gasteiger partial charge in [0, 0.05) is 12.6 Å². The minimum atomic E-state index is -0.358. The van der Waals surface area contributed by atoms with Crippen molar-refractivity contribution in [2.45, 2.75) is 31.7 Å². The molecule has 0 bridgehead atoms. The van der Waals surface area contributed by atoms with Gasteiger partial charge >= 0.3 is 5.97 Å². The number of methoxy groups -OCH3 is 1. The fourth-order valence-corrected chi connectivity index (χ4v) is 3.31. The molecule has 0 heterocycles. The van der Waals surface area contributed by atoms with Crippen molar-refractivity contribution in [2.75, 3.05) is 13.7 Å². The van der Waals surface area contributed by atoms with E-state index in [1.54, 1.807) is 0 Å². The smallest absolute Gasteiger partial charge is 0.310 e. The van der Waals surface area contributed by atoms with Crippen LogP contribution in [0.4, 0.5) is 0 Å². The standard InChI is InChI=1S/C22H25NO3/c1-16(22(25)26-2)15-23(19-13-14-19)21(24)20(17-9-5-3-6-10-17)18-11-7-4-8-12-18/h3-12,16,19-20H,13-15H2,1-2H3. The van der Waals surface area contributed by atoms with E-state index in [0.717, 1.165) is 24.0 Å². The van der Waals surface area contributed by atoms with Gasteiger partial charge < -0.3 is 9.64 Å². The molecule has 2 aromatic rings. The number of carbonyl (C=O) groups is 2. The number of hydrogen-bond acceptors (Lipinski definition) is 3. The van der Waals surface area contributed by atoms with E-state index in [4.69, 9.17) is 4.74 Å². The molecular weight excluding hydrogens is 326 g/mol. The number of amides is 1. The summed E-state index contributed by atoms with van der Waals surface area (Å²) in [5.41, 5.74) is 1.94. The molecule has 4 heteroatoms. The first-order valence-electron chi connectivity index (χ1n) is 9.10. The average Bonchev–Trinajstić information content (AvgIpc) is 3.52. The van der Waals surface area contributed by atoms with Crippen molar-refractivity contribution in [3.8, 4) is 0 Å². The van der Waals surface area contributed by atoms with Crippen LogP contribution < -0.4 is 0 Å². The molecule has 26 heavy (non-hydrogen) atoms. The van der Waals surface area contributed by atoms with Crippen LogP contribution >= 0.6 is 0 Å². The molecule has 1 aliphatic carbocycles. The summed E-state index contributed by atoms with van der Waals surface area (Å²) < 4.78 is 4.85. The molecule has 1 amide bonds. The lowest BCUT2D eigenvalue weighted by Crippen LogP contribution is -2.41. The SMILES string of the molecule is COC(=O)C(C)CN(C(=O)C(c1ccccc1)c1ccccc1)C1CC1. The number of hydrogen-bond donors (Lipinski definition) is 0. The quantitative estimate of drug-likeness (QED) is 0.716. The minimum absolute atomic E-state index is 0.0562.